The van der Waals surface area contributed by atoms with Crippen molar-refractivity contribution in [3.63, 3.8) is 0 Å². The molecule has 0 radical (unpaired) electrons. The highest BCUT2D eigenvalue weighted by Crippen LogP contribution is 2.23. The van der Waals surface area contributed by atoms with Crippen LogP contribution >= 0.6 is 0 Å². The van der Waals surface area contributed by atoms with E-state index in [2.05, 4.69) is 21.6 Å². The van der Waals surface area contributed by atoms with Crippen molar-refractivity contribution < 1.29 is 13.2 Å². The zero-order valence-corrected chi connectivity index (χ0v) is 19.0. The van der Waals surface area contributed by atoms with E-state index in [-0.39, 0.29) is 18.2 Å². The summed E-state index contributed by atoms with van der Waals surface area (Å²) in [6.07, 6.45) is 1.49. The van der Waals surface area contributed by atoms with Gasteiger partial charge in [0, 0.05) is 23.5 Å². The lowest BCUT2D eigenvalue weighted by atomic mass is 10.1. The normalized spacial score (nSPS) is 11.4. The van der Waals surface area contributed by atoms with Gasteiger partial charge in [-0.25, -0.2) is 18.1 Å². The van der Waals surface area contributed by atoms with Gasteiger partial charge >= 0.3 is 0 Å². The first-order valence-electron chi connectivity index (χ1n) is 10.4. The van der Waals surface area contributed by atoms with Crippen LogP contribution in [-0.2, 0) is 15.8 Å². The molecule has 2 N–H and O–H groups in total. The van der Waals surface area contributed by atoms with E-state index in [1.165, 1.54) is 6.08 Å². The number of sulfonamides is 1. The lowest BCUT2D eigenvalue weighted by molar-refractivity contribution is 0.102. The molecule has 7 nitrogen and oxygen atoms in total. The van der Waals surface area contributed by atoms with Crippen molar-refractivity contribution in [2.75, 3.05) is 11.9 Å². The fraction of sp³-hybridized carbons (Fsp3) is 0.120. The molecular weight excluding hydrogens is 436 g/mol. The molecule has 0 saturated carbocycles. The number of anilines is 1. The Morgan fingerprint density at radius 3 is 2.48 bits per heavy atom. The first-order chi connectivity index (χ1) is 15.9. The first kappa shape index (κ1) is 22.4. The molecule has 0 unspecified atom stereocenters. The molecule has 0 saturated heterocycles. The van der Waals surface area contributed by atoms with Crippen molar-refractivity contribution in [1.82, 2.24) is 14.3 Å². The molecule has 8 heteroatoms. The van der Waals surface area contributed by atoms with Gasteiger partial charge in [0.1, 0.15) is 5.82 Å². The first-order valence-corrected chi connectivity index (χ1v) is 12.0. The summed E-state index contributed by atoms with van der Waals surface area (Å²) in [5, 5.41) is 2.85. The van der Waals surface area contributed by atoms with Crippen LogP contribution in [-0.4, -0.2) is 30.4 Å². The average Bonchev–Trinajstić information content (AvgIpc) is 3.14. The van der Waals surface area contributed by atoms with Crippen molar-refractivity contribution >= 4 is 32.7 Å². The molecule has 1 aromatic heterocycles. The molecule has 1 amide bonds. The Hall–Kier alpha value is -3.75. The number of amides is 1. The van der Waals surface area contributed by atoms with Crippen LogP contribution in [0.5, 0.6) is 0 Å². The number of aromatic nitrogens is 2. The highest BCUT2D eigenvalue weighted by atomic mass is 32.2. The molecule has 0 atom stereocenters. The van der Waals surface area contributed by atoms with Gasteiger partial charge in [-0.15, -0.1) is 6.58 Å². The summed E-state index contributed by atoms with van der Waals surface area (Å²) in [6, 6.07) is 22.1. The molecule has 1 heterocycles. The van der Waals surface area contributed by atoms with Crippen LogP contribution < -0.4 is 10.0 Å². The number of aryl methyl sites for hydroxylation is 1. The second-order valence-corrected chi connectivity index (χ2v) is 9.39. The number of rotatable bonds is 8. The zero-order chi connectivity index (χ0) is 23.4. The van der Waals surface area contributed by atoms with Crippen LogP contribution in [0.4, 0.5) is 5.69 Å². The molecule has 0 spiro atoms. The number of carbonyl (C=O) groups is 1. The van der Waals surface area contributed by atoms with E-state index in [0.717, 1.165) is 22.5 Å². The van der Waals surface area contributed by atoms with E-state index < -0.39 is 10.0 Å². The van der Waals surface area contributed by atoms with Crippen molar-refractivity contribution in [1.29, 1.82) is 0 Å². The summed E-state index contributed by atoms with van der Waals surface area (Å²) in [5.74, 6) is 0.425. The highest BCUT2D eigenvalue weighted by Gasteiger charge is 2.14. The number of para-hydroxylation sites is 1. The molecule has 0 fully saturated rings. The molecule has 4 aromatic rings. The molecule has 33 heavy (non-hydrogen) atoms. The predicted molar refractivity (Wildman–Crippen MR) is 131 cm³/mol. The minimum atomic E-state index is -3.44. The summed E-state index contributed by atoms with van der Waals surface area (Å²) < 4.78 is 28.5. The topological polar surface area (TPSA) is 93.1 Å². The molecule has 3 aromatic carbocycles. The van der Waals surface area contributed by atoms with Gasteiger partial charge in [-0.05, 0) is 55.0 Å². The van der Waals surface area contributed by atoms with E-state index in [0.29, 0.717) is 16.8 Å². The summed E-state index contributed by atoms with van der Waals surface area (Å²) in [5.41, 5.74) is 4.35. The monoisotopic (exact) mass is 460 g/mol. The summed E-state index contributed by atoms with van der Waals surface area (Å²) in [4.78, 5) is 17.4. The van der Waals surface area contributed by atoms with Crippen LogP contribution in [0.25, 0.3) is 16.7 Å². The van der Waals surface area contributed by atoms with Crippen molar-refractivity contribution in [3.05, 3.63) is 102 Å². The van der Waals surface area contributed by atoms with Gasteiger partial charge in [0.25, 0.3) is 5.91 Å². The standard InChI is InChI=1S/C25H24N4O3S/c1-3-15-26-33(31,32)17-19-9-12-21(13-10-19)28-25(30)20-11-14-24-23(16-20)27-18(2)29(24)22-7-5-4-6-8-22/h3-14,16,26H,1,15,17H2,2H3,(H,28,30). The number of hydrogen-bond donors (Lipinski definition) is 2. The van der Waals surface area contributed by atoms with Crippen LogP contribution in [0.3, 0.4) is 0 Å². The van der Waals surface area contributed by atoms with Crippen molar-refractivity contribution in [2.24, 2.45) is 0 Å². The maximum Gasteiger partial charge on any atom is 0.255 e. The van der Waals surface area contributed by atoms with Gasteiger partial charge in [0.15, 0.2) is 0 Å². The van der Waals surface area contributed by atoms with E-state index >= 15 is 0 Å². The van der Waals surface area contributed by atoms with E-state index in [4.69, 9.17) is 0 Å². The van der Waals surface area contributed by atoms with Crippen LogP contribution in [0.15, 0.2) is 85.5 Å². The smallest absolute Gasteiger partial charge is 0.255 e. The third kappa shape index (κ3) is 5.19. The van der Waals surface area contributed by atoms with Crippen LogP contribution in [0.1, 0.15) is 21.7 Å². The molecule has 168 valence electrons. The van der Waals surface area contributed by atoms with Crippen LogP contribution in [0, 0.1) is 6.92 Å². The molecule has 0 bridgehead atoms. The largest absolute Gasteiger partial charge is 0.322 e. The van der Waals surface area contributed by atoms with Gasteiger partial charge in [0.2, 0.25) is 10.0 Å². The maximum atomic E-state index is 12.8. The van der Waals surface area contributed by atoms with E-state index in [9.17, 15) is 13.2 Å². The Morgan fingerprint density at radius 1 is 1.06 bits per heavy atom. The average molecular weight is 461 g/mol. The fourth-order valence-electron chi connectivity index (χ4n) is 3.59. The molecular formula is C25H24N4O3S. The number of nitrogens with zero attached hydrogens (tertiary/aromatic N) is 2. The number of nitrogens with one attached hydrogen (secondary N) is 2. The molecule has 0 aliphatic carbocycles. The van der Waals surface area contributed by atoms with Crippen molar-refractivity contribution in [2.45, 2.75) is 12.7 Å². The third-order valence-electron chi connectivity index (χ3n) is 5.11. The van der Waals surface area contributed by atoms with E-state index in [1.807, 2.05) is 47.9 Å². The van der Waals surface area contributed by atoms with Gasteiger partial charge in [-0.3, -0.25) is 9.36 Å². The Morgan fingerprint density at radius 2 is 1.79 bits per heavy atom. The van der Waals surface area contributed by atoms with Gasteiger partial charge in [-0.2, -0.15) is 0 Å². The number of hydrogen-bond acceptors (Lipinski definition) is 4. The van der Waals surface area contributed by atoms with E-state index in [1.54, 1.807) is 36.4 Å². The lowest BCUT2D eigenvalue weighted by Crippen LogP contribution is -2.25. The quantitative estimate of drug-likeness (QED) is 0.386. The van der Waals surface area contributed by atoms with Gasteiger partial charge in [-0.1, -0.05) is 36.4 Å². The minimum absolute atomic E-state index is 0.144. The highest BCUT2D eigenvalue weighted by molar-refractivity contribution is 7.88. The molecule has 0 aliphatic heterocycles. The lowest BCUT2D eigenvalue weighted by Gasteiger charge is -2.09. The number of fused-ring (bicyclic) bond motifs is 1. The number of benzene rings is 3. The summed E-state index contributed by atoms with van der Waals surface area (Å²) >= 11 is 0. The Kier molecular flexibility index (Phi) is 6.39. The number of carbonyl (C=O) groups excluding carboxylic acids is 1. The van der Waals surface area contributed by atoms with Gasteiger partial charge in [0.05, 0.1) is 16.8 Å². The second kappa shape index (κ2) is 9.40. The fourth-order valence-corrected chi connectivity index (χ4v) is 4.69. The zero-order valence-electron chi connectivity index (χ0n) is 18.2. The Balaban J connectivity index is 1.49. The number of imidazole rings is 1. The summed E-state index contributed by atoms with van der Waals surface area (Å²) in [7, 11) is -3.44. The second-order valence-electron chi connectivity index (χ2n) is 7.58. The Labute approximate surface area is 192 Å². The SMILES string of the molecule is C=CCNS(=O)(=O)Cc1ccc(NC(=O)c2ccc3c(c2)nc(C)n3-c2ccccc2)cc1. The minimum Gasteiger partial charge on any atom is -0.322 e. The summed E-state index contributed by atoms with van der Waals surface area (Å²) in [6.45, 7) is 5.62. The van der Waals surface area contributed by atoms with Crippen LogP contribution in [0.2, 0.25) is 0 Å². The third-order valence-corrected chi connectivity index (χ3v) is 6.43. The predicted octanol–water partition coefficient (Wildman–Crippen LogP) is 4.19. The maximum absolute atomic E-state index is 12.8. The van der Waals surface area contributed by atoms with Crippen molar-refractivity contribution in [3.8, 4) is 5.69 Å². The Bertz CT molecular complexity index is 1410. The van der Waals surface area contributed by atoms with Gasteiger partial charge < -0.3 is 5.32 Å². The molecule has 4 rings (SSSR count). The molecule has 0 aliphatic rings.